The predicted octanol–water partition coefficient (Wildman–Crippen LogP) is 4.22. The van der Waals surface area contributed by atoms with Crippen LogP contribution in [0.15, 0.2) is 57.7 Å². The van der Waals surface area contributed by atoms with Gasteiger partial charge in [-0.1, -0.05) is 31.2 Å². The van der Waals surface area contributed by atoms with Gasteiger partial charge >= 0.3 is 11.6 Å². The number of nitrogens with zero attached hydrogens (tertiary/aromatic N) is 2. The molecule has 0 unspecified atom stereocenters. The van der Waals surface area contributed by atoms with Crippen molar-refractivity contribution in [3.8, 4) is 0 Å². The average Bonchev–Trinajstić information content (AvgIpc) is 2.81. The average molecular weight is 436 g/mol. The summed E-state index contributed by atoms with van der Waals surface area (Å²) < 4.78 is 10.8. The molecule has 0 spiro atoms. The number of hydrogen-bond donors (Lipinski definition) is 0. The van der Waals surface area contributed by atoms with E-state index in [4.69, 9.17) is 9.15 Å². The molecule has 2 aromatic carbocycles. The summed E-state index contributed by atoms with van der Waals surface area (Å²) >= 11 is 0. The number of esters is 1. The lowest BCUT2D eigenvalue weighted by molar-refractivity contribution is -0.384. The second-order valence-corrected chi connectivity index (χ2v) is 7.89. The van der Waals surface area contributed by atoms with E-state index in [1.807, 2.05) is 30.0 Å². The molecule has 0 bridgehead atoms. The molecule has 1 saturated heterocycles. The van der Waals surface area contributed by atoms with Crippen LogP contribution in [-0.4, -0.2) is 24.0 Å². The summed E-state index contributed by atoms with van der Waals surface area (Å²) in [5.74, 6) is -0.606. The number of ether oxygens (including phenoxy) is 1. The van der Waals surface area contributed by atoms with Gasteiger partial charge in [-0.05, 0) is 37.0 Å². The van der Waals surface area contributed by atoms with Crippen LogP contribution in [0.25, 0.3) is 11.0 Å². The van der Waals surface area contributed by atoms with E-state index in [9.17, 15) is 19.7 Å². The molecule has 4 rings (SSSR count). The van der Waals surface area contributed by atoms with Gasteiger partial charge in [-0.25, -0.2) is 4.79 Å². The lowest BCUT2D eigenvalue weighted by Crippen LogP contribution is -2.37. The van der Waals surface area contributed by atoms with Crippen molar-refractivity contribution in [3.63, 3.8) is 0 Å². The highest BCUT2D eigenvalue weighted by Crippen LogP contribution is 2.31. The van der Waals surface area contributed by atoms with Gasteiger partial charge in [0, 0.05) is 36.2 Å². The maximum Gasteiger partial charge on any atom is 0.336 e. The molecule has 32 heavy (non-hydrogen) atoms. The van der Waals surface area contributed by atoms with Gasteiger partial charge < -0.3 is 14.1 Å². The molecule has 8 nitrogen and oxygen atoms in total. The summed E-state index contributed by atoms with van der Waals surface area (Å²) in [5.41, 5.74) is 2.31. The van der Waals surface area contributed by atoms with Crippen molar-refractivity contribution in [1.82, 2.24) is 0 Å². The highest BCUT2D eigenvalue weighted by Gasteiger charge is 2.29. The largest absolute Gasteiger partial charge is 0.461 e. The van der Waals surface area contributed by atoms with Gasteiger partial charge in [-0.3, -0.25) is 14.9 Å². The fourth-order valence-corrected chi connectivity index (χ4v) is 4.12. The molecule has 2 heterocycles. The van der Waals surface area contributed by atoms with Crippen molar-refractivity contribution in [1.29, 1.82) is 0 Å². The van der Waals surface area contributed by atoms with E-state index in [1.54, 1.807) is 18.2 Å². The first-order chi connectivity index (χ1) is 15.5. The molecule has 0 N–H and O–H groups in total. The highest BCUT2D eigenvalue weighted by molar-refractivity contribution is 5.81. The van der Waals surface area contributed by atoms with E-state index in [1.165, 1.54) is 12.1 Å². The third kappa shape index (κ3) is 4.49. The lowest BCUT2D eigenvalue weighted by Gasteiger charge is -2.32. The number of rotatable bonds is 6. The molecule has 1 aliphatic heterocycles. The van der Waals surface area contributed by atoms with Crippen LogP contribution in [0.1, 0.15) is 30.9 Å². The van der Waals surface area contributed by atoms with Crippen LogP contribution >= 0.6 is 0 Å². The van der Waals surface area contributed by atoms with E-state index in [0.29, 0.717) is 42.8 Å². The molecular weight excluding hydrogens is 412 g/mol. The number of hydrogen-bond acceptors (Lipinski definition) is 7. The van der Waals surface area contributed by atoms with Crippen LogP contribution in [0.5, 0.6) is 0 Å². The number of benzene rings is 2. The van der Waals surface area contributed by atoms with Crippen molar-refractivity contribution in [3.05, 3.63) is 80.2 Å². The summed E-state index contributed by atoms with van der Waals surface area (Å²) in [5, 5.41) is 12.0. The number of anilines is 1. The second-order valence-electron chi connectivity index (χ2n) is 7.89. The number of piperidine rings is 1. The summed E-state index contributed by atoms with van der Waals surface area (Å²) in [6, 6.07) is 13.7. The molecule has 1 aliphatic rings. The van der Waals surface area contributed by atoms with Crippen molar-refractivity contribution < 1.29 is 18.9 Å². The first-order valence-corrected chi connectivity index (χ1v) is 10.7. The van der Waals surface area contributed by atoms with E-state index in [-0.39, 0.29) is 29.1 Å². The van der Waals surface area contributed by atoms with Gasteiger partial charge in [-0.15, -0.1) is 0 Å². The van der Waals surface area contributed by atoms with Crippen LogP contribution < -0.4 is 10.5 Å². The van der Waals surface area contributed by atoms with E-state index < -0.39 is 5.63 Å². The van der Waals surface area contributed by atoms with Crippen molar-refractivity contribution >= 4 is 28.3 Å². The molecule has 0 aliphatic carbocycles. The van der Waals surface area contributed by atoms with Gasteiger partial charge in [0.25, 0.3) is 5.69 Å². The zero-order chi connectivity index (χ0) is 22.7. The first-order valence-electron chi connectivity index (χ1n) is 10.7. The topological polar surface area (TPSA) is 103 Å². The maximum absolute atomic E-state index is 12.7. The number of carbonyl (C=O) groups is 1. The first kappa shape index (κ1) is 21.5. The van der Waals surface area contributed by atoms with Crippen molar-refractivity contribution in [2.75, 3.05) is 18.0 Å². The fraction of sp³-hybridized carbons (Fsp3) is 0.333. The molecule has 0 amide bonds. The third-order valence-electron chi connectivity index (χ3n) is 5.92. The van der Waals surface area contributed by atoms with Gasteiger partial charge in [0.2, 0.25) is 0 Å². The minimum atomic E-state index is -0.477. The Morgan fingerprint density at radius 1 is 1.19 bits per heavy atom. The summed E-state index contributed by atoms with van der Waals surface area (Å²) in [6.45, 7) is 3.08. The van der Waals surface area contributed by atoms with Crippen LogP contribution in [0.3, 0.4) is 0 Å². The van der Waals surface area contributed by atoms with Gasteiger partial charge in [0.1, 0.15) is 17.9 Å². The molecule has 1 fully saturated rings. The molecular formula is C24H24N2O6. The van der Waals surface area contributed by atoms with Crippen molar-refractivity contribution in [2.45, 2.75) is 32.8 Å². The molecule has 0 atom stereocenters. The SMILES string of the molecule is CCc1ccc2c(COC(=O)C3CCN(c4ccccc4[N+](=O)[O-])CC3)cc(=O)oc2c1. The molecule has 166 valence electrons. The second kappa shape index (κ2) is 9.21. The molecule has 0 saturated carbocycles. The Morgan fingerprint density at radius 2 is 1.94 bits per heavy atom. The number of para-hydroxylation sites is 2. The standard InChI is InChI=1S/C24H24N2O6/c1-2-16-7-8-19-18(14-23(27)32-22(19)13-16)15-31-24(28)17-9-11-25(12-10-17)20-5-3-4-6-21(20)26(29)30/h3-8,13-14,17H,2,9-12,15H2,1H3. The minimum Gasteiger partial charge on any atom is -0.461 e. The third-order valence-corrected chi connectivity index (χ3v) is 5.92. The number of nitro benzene ring substituents is 1. The highest BCUT2D eigenvalue weighted by atomic mass is 16.6. The van der Waals surface area contributed by atoms with Gasteiger partial charge in [0.15, 0.2) is 0 Å². The number of carbonyl (C=O) groups excluding carboxylic acids is 1. The monoisotopic (exact) mass is 436 g/mol. The fourth-order valence-electron chi connectivity index (χ4n) is 4.12. The van der Waals surface area contributed by atoms with Crippen LogP contribution in [0.2, 0.25) is 0 Å². The Balaban J connectivity index is 1.40. The molecule has 3 aromatic rings. The van der Waals surface area contributed by atoms with Crippen LogP contribution in [0.4, 0.5) is 11.4 Å². The van der Waals surface area contributed by atoms with Crippen molar-refractivity contribution in [2.24, 2.45) is 5.92 Å². The Kier molecular flexibility index (Phi) is 6.20. The van der Waals surface area contributed by atoms with Crippen LogP contribution in [-0.2, 0) is 22.6 Å². The Bertz CT molecular complexity index is 1210. The minimum absolute atomic E-state index is 0.00320. The predicted molar refractivity (Wildman–Crippen MR) is 120 cm³/mol. The normalized spacial score (nSPS) is 14.5. The molecule has 0 radical (unpaired) electrons. The van der Waals surface area contributed by atoms with Gasteiger partial charge in [0.05, 0.1) is 10.8 Å². The Morgan fingerprint density at radius 3 is 2.66 bits per heavy atom. The maximum atomic E-state index is 12.7. The number of aryl methyl sites for hydroxylation is 1. The van der Waals surface area contributed by atoms with E-state index in [2.05, 4.69) is 0 Å². The number of fused-ring (bicyclic) bond motifs is 1. The van der Waals surface area contributed by atoms with Gasteiger partial charge in [-0.2, -0.15) is 0 Å². The number of nitro groups is 1. The molecule has 1 aromatic heterocycles. The summed E-state index contributed by atoms with van der Waals surface area (Å²) in [6.07, 6.45) is 1.91. The summed E-state index contributed by atoms with van der Waals surface area (Å²) in [4.78, 5) is 37.4. The summed E-state index contributed by atoms with van der Waals surface area (Å²) in [7, 11) is 0. The van der Waals surface area contributed by atoms with E-state index in [0.717, 1.165) is 17.4 Å². The van der Waals surface area contributed by atoms with Crippen LogP contribution in [0, 0.1) is 16.0 Å². The zero-order valence-corrected chi connectivity index (χ0v) is 17.8. The zero-order valence-electron chi connectivity index (χ0n) is 17.8. The smallest absolute Gasteiger partial charge is 0.336 e. The quantitative estimate of drug-likeness (QED) is 0.247. The Hall–Kier alpha value is -3.68. The molecule has 8 heteroatoms. The Labute approximate surface area is 184 Å². The van der Waals surface area contributed by atoms with E-state index >= 15 is 0 Å². The lowest BCUT2D eigenvalue weighted by atomic mass is 9.96.